The minimum Gasteiger partial charge on any atom is -0.508 e. The second-order valence-corrected chi connectivity index (χ2v) is 12.6. The summed E-state index contributed by atoms with van der Waals surface area (Å²) >= 11 is 0. The van der Waals surface area contributed by atoms with E-state index in [0.29, 0.717) is 25.4 Å². The highest BCUT2D eigenvalue weighted by molar-refractivity contribution is 6.03. The van der Waals surface area contributed by atoms with E-state index in [9.17, 15) is 14.4 Å². The minimum atomic E-state index is -0.485. The Hall–Kier alpha value is -5.95. The molecule has 6 aromatic rings. The molecule has 54 heavy (non-hydrogen) atoms. The number of fused-ring (bicyclic) bond motifs is 1. The molecule has 6 aromatic carbocycles. The molecule has 0 aliphatic heterocycles. The van der Waals surface area contributed by atoms with E-state index in [1.807, 2.05) is 20.8 Å². The molecule has 0 unspecified atom stereocenters. The fourth-order valence-corrected chi connectivity index (χ4v) is 5.69. The molecule has 0 spiro atoms. The Morgan fingerprint density at radius 3 is 1.35 bits per heavy atom. The molecule has 7 rings (SSSR count). The van der Waals surface area contributed by atoms with Crippen LogP contribution in [-0.2, 0) is 27.1 Å². The molecule has 280 valence electrons. The fraction of sp³-hybridized carbons (Fsp3) is 0.255. The first kappa shape index (κ1) is 40.8. The maximum Gasteiger partial charge on any atom is 0.339 e. The normalized spacial score (nSPS) is 10.8. The molecule has 7 nitrogen and oxygen atoms in total. The summed E-state index contributed by atoms with van der Waals surface area (Å²) in [6, 6.07) is 42.5. The number of ether oxygens (including phenoxy) is 3. The summed E-state index contributed by atoms with van der Waals surface area (Å²) < 4.78 is 15.0. The van der Waals surface area contributed by atoms with Gasteiger partial charge in [-0.2, -0.15) is 0 Å². The lowest BCUT2D eigenvalue weighted by molar-refractivity contribution is 0.0458. The molecule has 7 heteroatoms. The second-order valence-electron chi connectivity index (χ2n) is 12.6. The van der Waals surface area contributed by atoms with Crippen LogP contribution in [0.15, 0.2) is 133 Å². The van der Waals surface area contributed by atoms with Crippen LogP contribution in [0.2, 0.25) is 0 Å². The van der Waals surface area contributed by atoms with Crippen LogP contribution < -0.4 is 0 Å². The Morgan fingerprint density at radius 1 is 0.481 bits per heavy atom. The molecule has 0 saturated carbocycles. The number of carbonyl (C=O) groups is 3. The average Bonchev–Trinajstić information content (AvgIpc) is 3.65. The van der Waals surface area contributed by atoms with Crippen LogP contribution in [0, 0.1) is 0 Å². The zero-order valence-electron chi connectivity index (χ0n) is 31.5. The average molecular weight is 727 g/mol. The maximum absolute atomic E-state index is 11.8. The Balaban J connectivity index is 0.000000163. The second kappa shape index (κ2) is 22.2. The number of unbranched alkanes of at least 4 members (excludes halogenated alkanes) is 1. The summed E-state index contributed by atoms with van der Waals surface area (Å²) in [4.78, 5) is 34.9. The van der Waals surface area contributed by atoms with Crippen LogP contribution in [-0.4, -0.2) is 42.8 Å². The van der Waals surface area contributed by atoms with Gasteiger partial charge in [0.2, 0.25) is 0 Å². The van der Waals surface area contributed by atoms with Gasteiger partial charge in [0.05, 0.1) is 36.5 Å². The largest absolute Gasteiger partial charge is 0.508 e. The molecule has 0 radical (unpaired) electrons. The van der Waals surface area contributed by atoms with Gasteiger partial charge in [-0.3, -0.25) is 0 Å². The van der Waals surface area contributed by atoms with Crippen molar-refractivity contribution in [2.24, 2.45) is 0 Å². The molecular weight excluding hydrogens is 677 g/mol. The Bertz CT molecular complexity index is 1940. The Morgan fingerprint density at radius 2 is 0.907 bits per heavy atom. The number of benzene rings is 6. The van der Waals surface area contributed by atoms with Gasteiger partial charge in [0.25, 0.3) is 0 Å². The number of hydrogen-bond donors (Lipinski definition) is 1. The molecule has 0 bridgehead atoms. The number of phenols is 1. The lowest BCUT2D eigenvalue weighted by atomic mass is 10.1. The summed E-state index contributed by atoms with van der Waals surface area (Å²) in [6.07, 6.45) is 5.84. The topological polar surface area (TPSA) is 99.1 Å². The first-order valence-electron chi connectivity index (χ1n) is 18.7. The third kappa shape index (κ3) is 12.3. The van der Waals surface area contributed by atoms with Crippen molar-refractivity contribution in [2.75, 3.05) is 19.8 Å². The number of phenolic OH excluding ortho intramolecular Hbond substituents is 1. The van der Waals surface area contributed by atoms with E-state index in [-0.39, 0.29) is 22.8 Å². The smallest absolute Gasteiger partial charge is 0.339 e. The maximum atomic E-state index is 11.8. The van der Waals surface area contributed by atoms with E-state index in [2.05, 4.69) is 84.9 Å². The van der Waals surface area contributed by atoms with E-state index in [1.54, 1.807) is 36.4 Å². The van der Waals surface area contributed by atoms with Crippen LogP contribution in [0.1, 0.15) is 88.7 Å². The lowest BCUT2D eigenvalue weighted by Crippen LogP contribution is -2.14. The SMILES string of the molecule is CCCCOC(=O)c1ccc(O)cc1.CCCOC(=O)c1ccccc1C(=O)OCCC.c1cc2c3c(cccc3c1)CC2.c1ccc2ccccc2c1. The first-order chi connectivity index (χ1) is 26.4. The van der Waals surface area contributed by atoms with E-state index >= 15 is 0 Å². The van der Waals surface area contributed by atoms with Gasteiger partial charge in [0.1, 0.15) is 5.75 Å². The molecule has 0 fully saturated rings. The molecule has 1 aliphatic carbocycles. The van der Waals surface area contributed by atoms with Gasteiger partial charge in [-0.1, -0.05) is 124 Å². The summed E-state index contributed by atoms with van der Waals surface area (Å²) in [5.74, 6) is -1.16. The zero-order chi connectivity index (χ0) is 38.5. The van der Waals surface area contributed by atoms with Crippen molar-refractivity contribution >= 4 is 39.5 Å². The predicted molar refractivity (Wildman–Crippen MR) is 216 cm³/mol. The molecule has 1 N–H and O–H groups in total. The highest BCUT2D eigenvalue weighted by atomic mass is 16.5. The van der Waals surface area contributed by atoms with Crippen molar-refractivity contribution in [1.29, 1.82) is 0 Å². The van der Waals surface area contributed by atoms with Gasteiger partial charge >= 0.3 is 17.9 Å². The number of aromatic hydroxyl groups is 1. The molecule has 1 aliphatic rings. The van der Waals surface area contributed by atoms with Crippen molar-refractivity contribution in [3.8, 4) is 5.75 Å². The van der Waals surface area contributed by atoms with Crippen molar-refractivity contribution in [1.82, 2.24) is 0 Å². The third-order valence-electron chi connectivity index (χ3n) is 8.48. The monoisotopic (exact) mass is 726 g/mol. The van der Waals surface area contributed by atoms with Crippen LogP contribution in [0.5, 0.6) is 5.75 Å². The number of aryl methyl sites for hydroxylation is 2. The first-order valence-corrected chi connectivity index (χ1v) is 18.7. The van der Waals surface area contributed by atoms with E-state index in [0.717, 1.165) is 25.7 Å². The Labute approximate surface area is 318 Å². The molecule has 0 atom stereocenters. The molecule has 0 heterocycles. The van der Waals surface area contributed by atoms with E-state index in [1.165, 1.54) is 57.6 Å². The number of carbonyl (C=O) groups excluding carboxylic acids is 3. The van der Waals surface area contributed by atoms with Gasteiger partial charge in [-0.25, -0.2) is 14.4 Å². The van der Waals surface area contributed by atoms with Gasteiger partial charge in [-0.15, -0.1) is 0 Å². The summed E-state index contributed by atoms with van der Waals surface area (Å²) in [6.45, 7) is 7.00. The van der Waals surface area contributed by atoms with Crippen molar-refractivity contribution in [3.63, 3.8) is 0 Å². The standard InChI is InChI=1S/C14H18O4.C12H10.C11H14O3.C10H8/c1-3-9-17-13(15)11-7-5-6-8-12(11)14(16)18-10-4-2;1-3-9-4-2-6-11-8-7-10(5-1)12(9)11;1-2-3-8-14-11(13)9-4-6-10(12)7-5-9;1-2-6-10-8-4-3-7-9(10)5-1/h5-8H,3-4,9-10H2,1-2H3;1-6H,7-8H2;4-7,12H,2-3,8H2,1H3;1-8H. The highest BCUT2D eigenvalue weighted by Crippen LogP contribution is 2.30. The quantitative estimate of drug-likeness (QED) is 0.0852. The van der Waals surface area contributed by atoms with Gasteiger partial charge < -0.3 is 19.3 Å². The number of esters is 3. The highest BCUT2D eigenvalue weighted by Gasteiger charge is 2.18. The van der Waals surface area contributed by atoms with E-state index in [4.69, 9.17) is 19.3 Å². The van der Waals surface area contributed by atoms with Gasteiger partial charge in [-0.05, 0) is 101 Å². The molecule has 0 aromatic heterocycles. The minimum absolute atomic E-state index is 0.148. The molecule has 0 saturated heterocycles. The zero-order valence-corrected chi connectivity index (χ0v) is 31.5. The molecular formula is C47H50O7. The summed E-state index contributed by atoms with van der Waals surface area (Å²) in [7, 11) is 0. The predicted octanol–water partition coefficient (Wildman–Crippen LogP) is 10.9. The fourth-order valence-electron chi connectivity index (χ4n) is 5.69. The van der Waals surface area contributed by atoms with Gasteiger partial charge in [0, 0.05) is 0 Å². The van der Waals surface area contributed by atoms with Crippen LogP contribution in [0.4, 0.5) is 0 Å². The molecule has 0 amide bonds. The Kier molecular flexibility index (Phi) is 16.8. The summed E-state index contributed by atoms with van der Waals surface area (Å²) in [5, 5.41) is 14.5. The van der Waals surface area contributed by atoms with Crippen LogP contribution in [0.3, 0.4) is 0 Å². The lowest BCUT2D eigenvalue weighted by Gasteiger charge is -2.08. The van der Waals surface area contributed by atoms with Gasteiger partial charge in [0.15, 0.2) is 0 Å². The number of hydrogen-bond acceptors (Lipinski definition) is 7. The van der Waals surface area contributed by atoms with Crippen molar-refractivity contribution in [3.05, 3.63) is 161 Å². The van der Waals surface area contributed by atoms with E-state index < -0.39 is 11.9 Å². The van der Waals surface area contributed by atoms with Crippen LogP contribution >= 0.6 is 0 Å². The third-order valence-corrected chi connectivity index (χ3v) is 8.48. The number of rotatable bonds is 10. The van der Waals surface area contributed by atoms with Crippen LogP contribution in [0.25, 0.3) is 21.5 Å². The van der Waals surface area contributed by atoms with Crippen molar-refractivity contribution in [2.45, 2.75) is 59.3 Å². The van der Waals surface area contributed by atoms with Crippen molar-refractivity contribution < 1.29 is 33.7 Å². The summed E-state index contributed by atoms with van der Waals surface area (Å²) in [5.41, 5.74) is 4.05.